The van der Waals surface area contributed by atoms with Crippen molar-refractivity contribution in [3.05, 3.63) is 44.8 Å². The summed E-state index contributed by atoms with van der Waals surface area (Å²) in [5.41, 5.74) is 0.717. The third-order valence-electron chi connectivity index (χ3n) is 2.41. The predicted molar refractivity (Wildman–Crippen MR) is 65.9 cm³/mol. The number of benzene rings is 1. The Bertz CT molecular complexity index is 636. The monoisotopic (exact) mass is 264 g/mol. The molecule has 0 saturated heterocycles. The summed E-state index contributed by atoms with van der Waals surface area (Å²) in [4.78, 5) is 21.9. The average molecular weight is 264 g/mol. The fourth-order valence-corrected chi connectivity index (χ4v) is 2.29. The van der Waals surface area contributed by atoms with E-state index in [0.29, 0.717) is 10.4 Å². The second-order valence-corrected chi connectivity index (χ2v) is 4.55. The second-order valence-electron chi connectivity index (χ2n) is 3.57. The number of rotatable bonds is 3. The van der Waals surface area contributed by atoms with Crippen molar-refractivity contribution < 1.29 is 14.8 Å². The summed E-state index contributed by atoms with van der Waals surface area (Å²) >= 11 is 1.07. The van der Waals surface area contributed by atoms with Gasteiger partial charge < -0.3 is 5.11 Å². The predicted octanol–water partition coefficient (Wildman–Crippen LogP) is 2.72. The van der Waals surface area contributed by atoms with Crippen LogP contribution in [0.4, 0.5) is 5.69 Å². The number of aromatic nitrogens is 1. The van der Waals surface area contributed by atoms with Gasteiger partial charge in [0.05, 0.1) is 10.6 Å². The number of non-ortho nitro benzene ring substituents is 1. The fourth-order valence-electron chi connectivity index (χ4n) is 1.59. The van der Waals surface area contributed by atoms with Crippen LogP contribution in [-0.2, 0) is 0 Å². The van der Waals surface area contributed by atoms with Crippen LogP contribution in [-0.4, -0.2) is 20.4 Å². The second kappa shape index (κ2) is 4.53. The molecule has 0 atom stereocenters. The maximum Gasteiger partial charge on any atom is 0.339 e. The largest absolute Gasteiger partial charge is 0.478 e. The molecule has 0 aliphatic heterocycles. The number of nitro benzene ring substituents is 1. The van der Waals surface area contributed by atoms with Gasteiger partial charge >= 0.3 is 5.97 Å². The molecule has 0 unspecified atom stereocenters. The maximum absolute atomic E-state index is 11.1. The third kappa shape index (κ3) is 2.07. The van der Waals surface area contributed by atoms with Crippen LogP contribution in [0.1, 0.15) is 15.2 Å². The molecule has 0 radical (unpaired) electrons. The summed E-state index contributed by atoms with van der Waals surface area (Å²) in [5, 5.41) is 19.8. The molecule has 1 aromatic carbocycles. The Morgan fingerprint density at radius 2 is 2.22 bits per heavy atom. The molecule has 1 heterocycles. The molecule has 7 heteroatoms. The highest BCUT2D eigenvalue weighted by molar-refractivity contribution is 7.06. The summed E-state index contributed by atoms with van der Waals surface area (Å²) in [7, 11) is 0. The van der Waals surface area contributed by atoms with Crippen LogP contribution in [0.3, 0.4) is 0 Å². The van der Waals surface area contributed by atoms with Crippen LogP contribution in [0.5, 0.6) is 0 Å². The smallest absolute Gasteiger partial charge is 0.339 e. The zero-order chi connectivity index (χ0) is 13.3. The third-order valence-corrected chi connectivity index (χ3v) is 3.16. The first-order valence-electron chi connectivity index (χ1n) is 4.95. The van der Waals surface area contributed by atoms with Gasteiger partial charge in [0, 0.05) is 22.6 Å². The van der Waals surface area contributed by atoms with E-state index in [0.717, 1.165) is 11.5 Å². The Labute approximate surface area is 106 Å². The van der Waals surface area contributed by atoms with Crippen molar-refractivity contribution in [2.75, 3.05) is 0 Å². The first-order valence-corrected chi connectivity index (χ1v) is 5.72. The number of nitrogens with zero attached hydrogens (tertiary/aromatic N) is 2. The fraction of sp³-hybridized carbons (Fsp3) is 0.0909. The van der Waals surface area contributed by atoms with Crippen molar-refractivity contribution in [3.63, 3.8) is 0 Å². The van der Waals surface area contributed by atoms with Crippen molar-refractivity contribution >= 4 is 23.2 Å². The lowest BCUT2D eigenvalue weighted by molar-refractivity contribution is -0.384. The number of aromatic carboxylic acids is 1. The molecule has 2 rings (SSSR count). The topological polar surface area (TPSA) is 93.3 Å². The van der Waals surface area contributed by atoms with Gasteiger partial charge in [0.2, 0.25) is 0 Å². The SMILES string of the molecule is Cc1snc(-c2cccc([N+](=O)[O-])c2)c1C(=O)O. The lowest BCUT2D eigenvalue weighted by Crippen LogP contribution is -1.99. The van der Waals surface area contributed by atoms with Gasteiger partial charge in [-0.25, -0.2) is 4.79 Å². The van der Waals surface area contributed by atoms with Gasteiger partial charge in [-0.2, -0.15) is 4.37 Å². The molecule has 0 spiro atoms. The van der Waals surface area contributed by atoms with E-state index in [1.165, 1.54) is 18.2 Å². The van der Waals surface area contributed by atoms with E-state index in [2.05, 4.69) is 4.37 Å². The maximum atomic E-state index is 11.1. The molecular weight excluding hydrogens is 256 g/mol. The first-order chi connectivity index (χ1) is 8.50. The zero-order valence-electron chi connectivity index (χ0n) is 9.28. The summed E-state index contributed by atoms with van der Waals surface area (Å²) in [6, 6.07) is 5.78. The van der Waals surface area contributed by atoms with E-state index in [1.807, 2.05) is 0 Å². The molecule has 0 amide bonds. The van der Waals surface area contributed by atoms with Crippen LogP contribution in [0.25, 0.3) is 11.3 Å². The Balaban J connectivity index is 2.59. The molecule has 0 bridgehead atoms. The highest BCUT2D eigenvalue weighted by atomic mass is 32.1. The molecule has 6 nitrogen and oxygen atoms in total. The van der Waals surface area contributed by atoms with E-state index in [-0.39, 0.29) is 16.9 Å². The van der Waals surface area contributed by atoms with E-state index >= 15 is 0 Å². The Morgan fingerprint density at radius 3 is 2.83 bits per heavy atom. The minimum Gasteiger partial charge on any atom is -0.478 e. The van der Waals surface area contributed by atoms with Crippen LogP contribution in [0, 0.1) is 17.0 Å². The van der Waals surface area contributed by atoms with Crippen LogP contribution < -0.4 is 0 Å². The van der Waals surface area contributed by atoms with E-state index < -0.39 is 10.9 Å². The summed E-state index contributed by atoms with van der Waals surface area (Å²) < 4.78 is 4.05. The molecule has 0 fully saturated rings. The van der Waals surface area contributed by atoms with Crippen LogP contribution in [0.2, 0.25) is 0 Å². The molecule has 0 aliphatic rings. The molecule has 1 aromatic heterocycles. The number of nitro groups is 1. The Morgan fingerprint density at radius 1 is 1.50 bits per heavy atom. The standard InChI is InChI=1S/C11H8N2O4S/c1-6-9(11(14)15)10(12-18-6)7-3-2-4-8(5-7)13(16)17/h2-5H,1H3,(H,14,15). The number of carbonyl (C=O) groups is 1. The lowest BCUT2D eigenvalue weighted by atomic mass is 10.1. The number of aryl methyl sites for hydroxylation is 1. The van der Waals surface area contributed by atoms with Gasteiger partial charge in [0.1, 0.15) is 5.56 Å². The normalized spacial score (nSPS) is 10.3. The lowest BCUT2D eigenvalue weighted by Gasteiger charge is -2.00. The molecular formula is C11H8N2O4S. The van der Waals surface area contributed by atoms with Crippen LogP contribution >= 0.6 is 11.5 Å². The van der Waals surface area contributed by atoms with Crippen molar-refractivity contribution in [1.82, 2.24) is 4.37 Å². The first kappa shape index (κ1) is 12.2. The van der Waals surface area contributed by atoms with Gasteiger partial charge in [0.25, 0.3) is 5.69 Å². The number of hydrogen-bond donors (Lipinski definition) is 1. The quantitative estimate of drug-likeness (QED) is 0.679. The highest BCUT2D eigenvalue weighted by Crippen LogP contribution is 2.29. The summed E-state index contributed by atoms with van der Waals surface area (Å²) in [5.74, 6) is -1.08. The molecule has 1 N–H and O–H groups in total. The van der Waals surface area contributed by atoms with Crippen molar-refractivity contribution in [3.8, 4) is 11.3 Å². The van der Waals surface area contributed by atoms with Crippen LogP contribution in [0.15, 0.2) is 24.3 Å². The Kier molecular flexibility index (Phi) is 3.07. The van der Waals surface area contributed by atoms with Gasteiger partial charge in [-0.1, -0.05) is 12.1 Å². The van der Waals surface area contributed by atoms with Crippen molar-refractivity contribution in [2.45, 2.75) is 6.92 Å². The number of carboxylic acids is 1. The highest BCUT2D eigenvalue weighted by Gasteiger charge is 2.20. The summed E-state index contributed by atoms with van der Waals surface area (Å²) in [6.07, 6.45) is 0. The minimum atomic E-state index is -1.08. The molecule has 0 saturated carbocycles. The molecule has 0 aliphatic carbocycles. The zero-order valence-corrected chi connectivity index (χ0v) is 10.1. The average Bonchev–Trinajstić information content (AvgIpc) is 2.71. The van der Waals surface area contributed by atoms with Crippen molar-refractivity contribution in [1.29, 1.82) is 0 Å². The van der Waals surface area contributed by atoms with Gasteiger partial charge in [-0.3, -0.25) is 10.1 Å². The van der Waals surface area contributed by atoms with Crippen molar-refractivity contribution in [2.24, 2.45) is 0 Å². The van der Waals surface area contributed by atoms with Gasteiger partial charge in [0.15, 0.2) is 0 Å². The number of hydrogen-bond acceptors (Lipinski definition) is 5. The van der Waals surface area contributed by atoms with E-state index in [1.54, 1.807) is 13.0 Å². The molecule has 2 aromatic rings. The Hall–Kier alpha value is -2.28. The number of carboxylic acid groups (broad SMARTS) is 1. The summed E-state index contributed by atoms with van der Waals surface area (Å²) in [6.45, 7) is 1.65. The van der Waals surface area contributed by atoms with Gasteiger partial charge in [-0.15, -0.1) is 0 Å². The van der Waals surface area contributed by atoms with E-state index in [4.69, 9.17) is 5.11 Å². The molecule has 92 valence electrons. The molecule has 18 heavy (non-hydrogen) atoms. The van der Waals surface area contributed by atoms with E-state index in [9.17, 15) is 14.9 Å². The van der Waals surface area contributed by atoms with Gasteiger partial charge in [-0.05, 0) is 18.5 Å². The minimum absolute atomic E-state index is 0.0884.